The van der Waals surface area contributed by atoms with E-state index in [2.05, 4.69) is 11.4 Å². The van der Waals surface area contributed by atoms with Crippen LogP contribution in [0.3, 0.4) is 0 Å². The number of rotatable bonds is 5. The van der Waals surface area contributed by atoms with Crippen molar-refractivity contribution in [1.82, 2.24) is 4.90 Å². The molecule has 0 aromatic heterocycles. The second-order valence-electron chi connectivity index (χ2n) is 6.81. The number of carbonyl (C=O) groups excluding carboxylic acids is 1. The lowest BCUT2D eigenvalue weighted by Crippen LogP contribution is -2.39. The largest absolute Gasteiger partial charge is 0.418 e. The number of halogens is 3. The number of anilines is 1. The number of hydrogen-bond acceptors (Lipinski definition) is 2. The molecule has 0 aliphatic heterocycles. The molecule has 1 unspecified atom stereocenters. The van der Waals surface area contributed by atoms with E-state index in [1.807, 2.05) is 36.4 Å². The second kappa shape index (κ2) is 8.02. The van der Waals surface area contributed by atoms with Gasteiger partial charge in [0.05, 0.1) is 17.3 Å². The van der Waals surface area contributed by atoms with Gasteiger partial charge in [0.2, 0.25) is 5.91 Å². The summed E-state index contributed by atoms with van der Waals surface area (Å²) in [5.41, 5.74) is -0.0600. The van der Waals surface area contributed by atoms with Gasteiger partial charge in [0.25, 0.3) is 0 Å². The number of fused-ring (bicyclic) bond motifs is 1. The molecule has 0 aliphatic rings. The van der Waals surface area contributed by atoms with Crippen LogP contribution in [0.4, 0.5) is 18.9 Å². The Labute approximate surface area is 161 Å². The highest BCUT2D eigenvalue weighted by Gasteiger charge is 2.34. The van der Waals surface area contributed by atoms with Gasteiger partial charge < -0.3 is 5.32 Å². The van der Waals surface area contributed by atoms with Crippen LogP contribution in [0.25, 0.3) is 10.8 Å². The fourth-order valence-electron chi connectivity index (χ4n) is 3.04. The van der Waals surface area contributed by atoms with Gasteiger partial charge in [0.1, 0.15) is 0 Å². The Kier molecular flexibility index (Phi) is 5.70. The third kappa shape index (κ3) is 4.51. The topological polar surface area (TPSA) is 32.3 Å². The lowest BCUT2D eigenvalue weighted by Gasteiger charge is -2.25. The molecule has 1 atom stereocenters. The molecule has 0 heterocycles. The van der Waals surface area contributed by atoms with Gasteiger partial charge in [-0.25, -0.2) is 0 Å². The summed E-state index contributed by atoms with van der Waals surface area (Å²) in [4.78, 5) is 14.3. The van der Waals surface area contributed by atoms with Crippen molar-refractivity contribution in [2.24, 2.45) is 0 Å². The number of nitrogens with zero attached hydrogens (tertiary/aromatic N) is 1. The molecule has 6 heteroatoms. The first kappa shape index (κ1) is 19.9. The van der Waals surface area contributed by atoms with Crippen LogP contribution in [-0.2, 0) is 17.5 Å². The molecule has 28 heavy (non-hydrogen) atoms. The first-order valence-corrected chi connectivity index (χ1v) is 8.91. The van der Waals surface area contributed by atoms with Gasteiger partial charge in [-0.3, -0.25) is 9.69 Å². The molecule has 3 aromatic carbocycles. The van der Waals surface area contributed by atoms with Gasteiger partial charge in [0.15, 0.2) is 0 Å². The van der Waals surface area contributed by atoms with Crippen molar-refractivity contribution >= 4 is 22.4 Å². The summed E-state index contributed by atoms with van der Waals surface area (Å²) < 4.78 is 39.3. The van der Waals surface area contributed by atoms with E-state index in [4.69, 9.17) is 0 Å². The molecule has 0 bridgehead atoms. The van der Waals surface area contributed by atoms with E-state index >= 15 is 0 Å². The predicted molar refractivity (Wildman–Crippen MR) is 105 cm³/mol. The predicted octanol–water partition coefficient (Wildman–Crippen LogP) is 5.32. The average Bonchev–Trinajstić information content (AvgIpc) is 2.66. The molecular formula is C22H21F3N2O. The second-order valence-corrected chi connectivity index (χ2v) is 6.81. The van der Waals surface area contributed by atoms with Gasteiger partial charge in [-0.1, -0.05) is 48.5 Å². The molecule has 3 rings (SSSR count). The summed E-state index contributed by atoms with van der Waals surface area (Å²) in [6.07, 6.45) is -4.52. The maximum Gasteiger partial charge on any atom is 0.418 e. The third-order valence-electron chi connectivity index (χ3n) is 4.78. The van der Waals surface area contributed by atoms with Crippen LogP contribution in [0.15, 0.2) is 66.7 Å². The van der Waals surface area contributed by atoms with E-state index in [1.165, 1.54) is 18.2 Å². The average molecular weight is 386 g/mol. The monoisotopic (exact) mass is 386 g/mol. The van der Waals surface area contributed by atoms with Crippen molar-refractivity contribution in [1.29, 1.82) is 0 Å². The minimum atomic E-state index is -4.52. The summed E-state index contributed by atoms with van der Waals surface area (Å²) in [5.74, 6) is -0.486. The Morgan fingerprint density at radius 3 is 2.36 bits per heavy atom. The van der Waals surface area contributed by atoms with E-state index in [0.29, 0.717) is 6.54 Å². The highest BCUT2D eigenvalue weighted by molar-refractivity contribution is 5.95. The maximum atomic E-state index is 13.1. The van der Waals surface area contributed by atoms with Crippen LogP contribution in [0, 0.1) is 0 Å². The van der Waals surface area contributed by atoms with Crippen LogP contribution in [0.2, 0.25) is 0 Å². The molecular weight excluding hydrogens is 365 g/mol. The van der Waals surface area contributed by atoms with E-state index in [1.54, 1.807) is 18.9 Å². The molecule has 0 fully saturated rings. The first-order valence-electron chi connectivity index (χ1n) is 8.91. The molecule has 0 aliphatic carbocycles. The van der Waals surface area contributed by atoms with Gasteiger partial charge in [0, 0.05) is 6.54 Å². The molecule has 1 amide bonds. The fourth-order valence-corrected chi connectivity index (χ4v) is 3.04. The minimum absolute atomic E-state index is 0.231. The molecule has 0 radical (unpaired) electrons. The van der Waals surface area contributed by atoms with Crippen molar-refractivity contribution in [2.75, 3.05) is 12.4 Å². The highest BCUT2D eigenvalue weighted by Crippen LogP contribution is 2.34. The Bertz CT molecular complexity index is 985. The smallest absolute Gasteiger partial charge is 0.324 e. The normalized spacial score (nSPS) is 12.9. The molecule has 0 spiro atoms. The van der Waals surface area contributed by atoms with E-state index < -0.39 is 23.7 Å². The minimum Gasteiger partial charge on any atom is -0.324 e. The summed E-state index contributed by atoms with van der Waals surface area (Å²) in [6, 6.07) is 18.4. The SMILES string of the molecule is CC(C(=O)Nc1ccccc1C(F)(F)F)N(C)Cc1ccc2ccccc2c1. The molecule has 1 N–H and O–H groups in total. The van der Waals surface area contributed by atoms with Crippen LogP contribution < -0.4 is 5.32 Å². The van der Waals surface area contributed by atoms with E-state index in [0.717, 1.165) is 22.4 Å². The number of nitrogens with one attached hydrogen (secondary N) is 1. The number of amides is 1. The quantitative estimate of drug-likeness (QED) is 0.644. The highest BCUT2D eigenvalue weighted by atomic mass is 19.4. The summed E-state index contributed by atoms with van der Waals surface area (Å²) in [6.45, 7) is 2.17. The molecule has 0 saturated heterocycles. The zero-order valence-corrected chi connectivity index (χ0v) is 15.6. The number of alkyl halides is 3. The zero-order valence-electron chi connectivity index (χ0n) is 15.6. The van der Waals surface area contributed by atoms with Crippen molar-refractivity contribution in [3.05, 3.63) is 77.9 Å². The number of likely N-dealkylation sites (N-methyl/N-ethyl adjacent to an activating group) is 1. The van der Waals surface area contributed by atoms with Crippen molar-refractivity contribution < 1.29 is 18.0 Å². The molecule has 3 aromatic rings. The van der Waals surface area contributed by atoms with Gasteiger partial charge in [-0.05, 0) is 48.5 Å². The Morgan fingerprint density at radius 1 is 1.00 bits per heavy atom. The van der Waals surface area contributed by atoms with Gasteiger partial charge in [-0.15, -0.1) is 0 Å². The van der Waals surface area contributed by atoms with Crippen molar-refractivity contribution in [3.8, 4) is 0 Å². The molecule has 3 nitrogen and oxygen atoms in total. The lowest BCUT2D eigenvalue weighted by molar-refractivity contribution is -0.137. The van der Waals surface area contributed by atoms with E-state index in [9.17, 15) is 18.0 Å². The summed E-state index contributed by atoms with van der Waals surface area (Å²) in [5, 5.41) is 4.64. The Hall–Kier alpha value is -2.86. The van der Waals surface area contributed by atoms with Gasteiger partial charge >= 0.3 is 6.18 Å². The Morgan fingerprint density at radius 2 is 1.64 bits per heavy atom. The number of hydrogen-bond donors (Lipinski definition) is 1. The van der Waals surface area contributed by atoms with Crippen LogP contribution in [0.1, 0.15) is 18.1 Å². The van der Waals surface area contributed by atoms with Crippen molar-refractivity contribution in [3.63, 3.8) is 0 Å². The van der Waals surface area contributed by atoms with Crippen LogP contribution in [-0.4, -0.2) is 23.9 Å². The maximum absolute atomic E-state index is 13.1. The summed E-state index contributed by atoms with van der Waals surface area (Å²) in [7, 11) is 1.77. The lowest BCUT2D eigenvalue weighted by atomic mass is 10.1. The van der Waals surface area contributed by atoms with Crippen LogP contribution >= 0.6 is 0 Å². The van der Waals surface area contributed by atoms with Crippen molar-refractivity contribution in [2.45, 2.75) is 25.7 Å². The Balaban J connectivity index is 1.70. The molecule has 146 valence electrons. The van der Waals surface area contributed by atoms with Gasteiger partial charge in [-0.2, -0.15) is 13.2 Å². The summed E-state index contributed by atoms with van der Waals surface area (Å²) >= 11 is 0. The first-order chi connectivity index (χ1) is 13.3. The van der Waals surface area contributed by atoms with Crippen LogP contribution in [0.5, 0.6) is 0 Å². The van der Waals surface area contributed by atoms with E-state index in [-0.39, 0.29) is 5.69 Å². The standard InChI is InChI=1S/C22H21F3N2O/c1-15(21(28)26-20-10-6-5-9-19(20)22(23,24)25)27(2)14-16-11-12-17-7-3-4-8-18(17)13-16/h3-13,15H,14H2,1-2H3,(H,26,28). The fraction of sp³-hybridized carbons (Fsp3) is 0.227. The molecule has 0 saturated carbocycles. The number of carbonyl (C=O) groups is 1. The number of benzene rings is 3. The zero-order chi connectivity index (χ0) is 20.3. The third-order valence-corrected chi connectivity index (χ3v) is 4.78. The number of para-hydroxylation sites is 1.